The lowest BCUT2D eigenvalue weighted by molar-refractivity contribution is 1.37. The molecule has 0 N–H and O–H groups in total. The van der Waals surface area contributed by atoms with Crippen LogP contribution in [0.3, 0.4) is 0 Å². The average Bonchev–Trinajstić information content (AvgIpc) is 3.11. The van der Waals surface area contributed by atoms with Gasteiger partial charge in [0.05, 0.1) is 16.7 Å². The molecule has 27 heavy (non-hydrogen) atoms. The SMILES string of the molecule is c1cnc2c(c1)ccc1ccc(-c3ccc4c(c3)sc3ccccc34)nc12. The lowest BCUT2D eigenvalue weighted by Gasteiger charge is -2.06. The van der Waals surface area contributed by atoms with Crippen molar-refractivity contribution in [3.8, 4) is 11.3 Å². The van der Waals surface area contributed by atoms with E-state index in [1.165, 1.54) is 20.2 Å². The molecule has 0 aliphatic rings. The Bertz CT molecular complexity index is 1480. The summed E-state index contributed by atoms with van der Waals surface area (Å²) in [4.78, 5) is 9.54. The van der Waals surface area contributed by atoms with Gasteiger partial charge in [0, 0.05) is 42.7 Å². The highest BCUT2D eigenvalue weighted by Crippen LogP contribution is 2.36. The second-order valence-corrected chi connectivity index (χ2v) is 7.80. The number of fused-ring (bicyclic) bond motifs is 6. The minimum atomic E-state index is 0.958. The molecule has 3 aromatic heterocycles. The van der Waals surface area contributed by atoms with Gasteiger partial charge in [-0.3, -0.25) is 4.98 Å². The van der Waals surface area contributed by atoms with Crippen molar-refractivity contribution in [3.05, 3.63) is 85.1 Å². The number of hydrogen-bond acceptors (Lipinski definition) is 3. The van der Waals surface area contributed by atoms with Crippen molar-refractivity contribution in [2.75, 3.05) is 0 Å². The Morgan fingerprint density at radius 2 is 1.44 bits per heavy atom. The van der Waals surface area contributed by atoms with Crippen LogP contribution in [-0.2, 0) is 0 Å². The van der Waals surface area contributed by atoms with Crippen LogP contribution in [0.1, 0.15) is 0 Å². The maximum atomic E-state index is 4.98. The largest absolute Gasteiger partial charge is 0.254 e. The third kappa shape index (κ3) is 2.25. The van der Waals surface area contributed by atoms with Crippen molar-refractivity contribution < 1.29 is 0 Å². The van der Waals surface area contributed by atoms with Gasteiger partial charge < -0.3 is 0 Å². The number of aromatic nitrogens is 2. The first-order chi connectivity index (χ1) is 13.4. The molecular weight excluding hydrogens is 348 g/mol. The number of nitrogens with zero attached hydrogens (tertiary/aromatic N) is 2. The minimum Gasteiger partial charge on any atom is -0.254 e. The molecule has 0 atom stereocenters. The lowest BCUT2D eigenvalue weighted by atomic mass is 10.1. The van der Waals surface area contributed by atoms with E-state index in [2.05, 4.69) is 77.8 Å². The van der Waals surface area contributed by atoms with Crippen LogP contribution in [0.25, 0.3) is 53.2 Å². The van der Waals surface area contributed by atoms with Crippen LogP contribution in [0.4, 0.5) is 0 Å². The van der Waals surface area contributed by atoms with Crippen LogP contribution < -0.4 is 0 Å². The fourth-order valence-electron chi connectivity index (χ4n) is 3.77. The van der Waals surface area contributed by atoms with Crippen molar-refractivity contribution in [1.29, 1.82) is 0 Å². The Hall–Kier alpha value is -3.30. The normalized spacial score (nSPS) is 11.7. The zero-order chi connectivity index (χ0) is 17.8. The summed E-state index contributed by atoms with van der Waals surface area (Å²) >= 11 is 1.84. The fraction of sp³-hybridized carbons (Fsp3) is 0. The molecular formula is C24H14N2S. The monoisotopic (exact) mass is 362 g/mol. The molecule has 6 rings (SSSR count). The van der Waals surface area contributed by atoms with E-state index in [1.807, 2.05) is 23.6 Å². The first-order valence-corrected chi connectivity index (χ1v) is 9.75. The standard InChI is InChI=1S/C24H14N2S/c1-2-6-21-18(5-1)19-11-9-17(14-22(19)27-21)20-12-10-16-8-7-15-4-3-13-25-23(15)24(16)26-20/h1-14H. The maximum absolute atomic E-state index is 4.98. The molecule has 0 unspecified atom stereocenters. The summed E-state index contributed by atoms with van der Waals surface area (Å²) in [7, 11) is 0. The molecule has 0 saturated heterocycles. The first kappa shape index (κ1) is 14.8. The third-order valence-electron chi connectivity index (χ3n) is 5.11. The van der Waals surface area contributed by atoms with Crippen LogP contribution in [-0.4, -0.2) is 9.97 Å². The molecule has 0 spiro atoms. The fourth-order valence-corrected chi connectivity index (χ4v) is 4.92. The summed E-state index contributed by atoms with van der Waals surface area (Å²) in [5.41, 5.74) is 4.05. The smallest absolute Gasteiger partial charge is 0.0972 e. The quantitative estimate of drug-likeness (QED) is 0.300. The van der Waals surface area contributed by atoms with Crippen LogP contribution >= 0.6 is 11.3 Å². The number of hydrogen-bond donors (Lipinski definition) is 0. The van der Waals surface area contributed by atoms with Crippen molar-refractivity contribution >= 4 is 53.3 Å². The summed E-state index contributed by atoms with van der Waals surface area (Å²) in [6, 6.07) is 27.7. The van der Waals surface area contributed by atoms with Crippen LogP contribution in [0.15, 0.2) is 85.1 Å². The Morgan fingerprint density at radius 3 is 2.41 bits per heavy atom. The molecule has 0 radical (unpaired) electrons. The molecule has 2 nitrogen and oxygen atoms in total. The summed E-state index contributed by atoms with van der Waals surface area (Å²) in [5, 5.41) is 4.88. The van der Waals surface area contributed by atoms with Gasteiger partial charge >= 0.3 is 0 Å². The van der Waals surface area contributed by atoms with E-state index in [4.69, 9.17) is 4.98 Å². The zero-order valence-electron chi connectivity index (χ0n) is 14.4. The minimum absolute atomic E-state index is 0.958. The Kier molecular flexibility index (Phi) is 3.07. The van der Waals surface area contributed by atoms with Gasteiger partial charge in [-0.2, -0.15) is 0 Å². The van der Waals surface area contributed by atoms with Gasteiger partial charge in [-0.25, -0.2) is 4.98 Å². The molecule has 3 heterocycles. The van der Waals surface area contributed by atoms with E-state index in [0.717, 1.165) is 33.1 Å². The highest BCUT2D eigenvalue weighted by atomic mass is 32.1. The van der Waals surface area contributed by atoms with Gasteiger partial charge in [-0.05, 0) is 24.3 Å². The maximum Gasteiger partial charge on any atom is 0.0972 e. The van der Waals surface area contributed by atoms with E-state index < -0.39 is 0 Å². The van der Waals surface area contributed by atoms with Crippen molar-refractivity contribution in [2.45, 2.75) is 0 Å². The Balaban J connectivity index is 1.60. The van der Waals surface area contributed by atoms with Crippen molar-refractivity contribution in [1.82, 2.24) is 9.97 Å². The first-order valence-electron chi connectivity index (χ1n) is 8.93. The van der Waals surface area contributed by atoms with Crippen LogP contribution in [0.5, 0.6) is 0 Å². The zero-order valence-corrected chi connectivity index (χ0v) is 15.2. The van der Waals surface area contributed by atoms with Crippen LogP contribution in [0, 0.1) is 0 Å². The second-order valence-electron chi connectivity index (χ2n) is 6.72. The summed E-state index contributed by atoms with van der Waals surface area (Å²) in [6.45, 7) is 0. The van der Waals surface area contributed by atoms with Gasteiger partial charge in [0.1, 0.15) is 0 Å². The number of thiophene rings is 1. The highest BCUT2D eigenvalue weighted by Gasteiger charge is 2.09. The predicted molar refractivity (Wildman–Crippen MR) is 115 cm³/mol. The Labute approximate surface area is 159 Å². The van der Waals surface area contributed by atoms with E-state index >= 15 is 0 Å². The summed E-state index contributed by atoms with van der Waals surface area (Å²) < 4.78 is 2.62. The van der Waals surface area contributed by atoms with Gasteiger partial charge in [0.25, 0.3) is 0 Å². The Morgan fingerprint density at radius 1 is 0.630 bits per heavy atom. The summed E-state index contributed by atoms with van der Waals surface area (Å²) in [5.74, 6) is 0. The van der Waals surface area contributed by atoms with Crippen molar-refractivity contribution in [2.24, 2.45) is 0 Å². The number of benzene rings is 3. The third-order valence-corrected chi connectivity index (χ3v) is 6.24. The van der Waals surface area contributed by atoms with Gasteiger partial charge in [-0.1, -0.05) is 54.6 Å². The van der Waals surface area contributed by atoms with Crippen molar-refractivity contribution in [3.63, 3.8) is 0 Å². The molecule has 0 saturated carbocycles. The number of pyridine rings is 2. The molecule has 0 fully saturated rings. The molecule has 3 aromatic carbocycles. The van der Waals surface area contributed by atoms with Gasteiger partial charge in [-0.15, -0.1) is 11.3 Å². The summed E-state index contributed by atoms with van der Waals surface area (Å²) in [6.07, 6.45) is 1.83. The average molecular weight is 362 g/mol. The molecule has 0 amide bonds. The van der Waals surface area contributed by atoms with E-state index in [-0.39, 0.29) is 0 Å². The number of rotatable bonds is 1. The second kappa shape index (κ2) is 5.60. The topological polar surface area (TPSA) is 25.8 Å². The molecule has 0 bridgehead atoms. The molecule has 3 heteroatoms. The van der Waals surface area contributed by atoms with E-state index in [9.17, 15) is 0 Å². The van der Waals surface area contributed by atoms with E-state index in [0.29, 0.717) is 0 Å². The molecule has 126 valence electrons. The van der Waals surface area contributed by atoms with Crippen LogP contribution in [0.2, 0.25) is 0 Å². The molecule has 0 aliphatic heterocycles. The molecule has 6 aromatic rings. The van der Waals surface area contributed by atoms with Gasteiger partial charge in [0.15, 0.2) is 0 Å². The van der Waals surface area contributed by atoms with Gasteiger partial charge in [0.2, 0.25) is 0 Å². The molecule has 0 aliphatic carbocycles. The van der Waals surface area contributed by atoms with E-state index in [1.54, 1.807) is 0 Å². The lowest BCUT2D eigenvalue weighted by Crippen LogP contribution is -1.88. The highest BCUT2D eigenvalue weighted by molar-refractivity contribution is 7.25. The predicted octanol–water partition coefficient (Wildman–Crippen LogP) is 6.82.